The molecule has 1 aliphatic rings. The average molecular weight is 201 g/mol. The van der Waals surface area contributed by atoms with Crippen LogP contribution in [0.2, 0.25) is 0 Å². The summed E-state index contributed by atoms with van der Waals surface area (Å²) in [6, 6.07) is 2.12. The Balaban J connectivity index is 2.23. The Labute approximate surface area is 88.7 Å². The van der Waals surface area contributed by atoms with Gasteiger partial charge < -0.3 is 10.7 Å². The lowest BCUT2D eigenvalue weighted by molar-refractivity contribution is 0.893. The molecule has 78 valence electrons. The number of nitrogens with one attached hydrogen (secondary N) is 1. The first-order chi connectivity index (χ1) is 7.40. The zero-order valence-corrected chi connectivity index (χ0v) is 8.71. The van der Waals surface area contributed by atoms with Gasteiger partial charge in [0.15, 0.2) is 0 Å². The fraction of sp³-hybridized carbons (Fsp3) is 0.417. The van der Waals surface area contributed by atoms with Crippen molar-refractivity contribution in [3.63, 3.8) is 0 Å². The standard InChI is InChI=1S/C12H15N3/c13-6-4-11-12-9(5-7-14-11)8-2-1-3-10(8)15-12/h5,7,15H,1-4,6,13H2. The van der Waals surface area contributed by atoms with Crippen LogP contribution in [0.4, 0.5) is 0 Å². The van der Waals surface area contributed by atoms with Gasteiger partial charge >= 0.3 is 0 Å². The van der Waals surface area contributed by atoms with Crippen LogP contribution < -0.4 is 5.73 Å². The van der Waals surface area contributed by atoms with Crippen LogP contribution >= 0.6 is 0 Å². The quantitative estimate of drug-likeness (QED) is 0.774. The van der Waals surface area contributed by atoms with Gasteiger partial charge in [-0.3, -0.25) is 4.98 Å². The Morgan fingerprint density at radius 3 is 3.20 bits per heavy atom. The molecule has 0 bridgehead atoms. The Kier molecular flexibility index (Phi) is 1.99. The minimum atomic E-state index is 0.662. The van der Waals surface area contributed by atoms with Crippen LogP contribution in [0, 0.1) is 0 Å². The van der Waals surface area contributed by atoms with Gasteiger partial charge in [-0.2, -0.15) is 0 Å². The number of hydrogen-bond acceptors (Lipinski definition) is 2. The van der Waals surface area contributed by atoms with Crippen molar-refractivity contribution in [3.8, 4) is 0 Å². The van der Waals surface area contributed by atoms with Crippen molar-refractivity contribution in [2.45, 2.75) is 25.7 Å². The van der Waals surface area contributed by atoms with Gasteiger partial charge in [-0.15, -0.1) is 0 Å². The van der Waals surface area contributed by atoms with Gasteiger partial charge in [0, 0.05) is 23.7 Å². The lowest BCUT2D eigenvalue weighted by Gasteiger charge is -2.00. The summed E-state index contributed by atoms with van der Waals surface area (Å²) in [5.74, 6) is 0. The van der Waals surface area contributed by atoms with Crippen LogP contribution in [0.5, 0.6) is 0 Å². The summed E-state index contributed by atoms with van der Waals surface area (Å²) in [6.07, 6.45) is 6.44. The summed E-state index contributed by atoms with van der Waals surface area (Å²) in [5, 5.41) is 1.36. The molecule has 0 fully saturated rings. The number of H-pyrrole nitrogens is 1. The second kappa shape index (κ2) is 3.35. The third-order valence-electron chi connectivity index (χ3n) is 3.23. The number of pyridine rings is 1. The molecule has 3 N–H and O–H groups in total. The Bertz CT molecular complexity index is 499. The smallest absolute Gasteiger partial charge is 0.0678 e. The minimum Gasteiger partial charge on any atom is -0.357 e. The fourth-order valence-electron chi connectivity index (χ4n) is 2.55. The zero-order chi connectivity index (χ0) is 10.3. The number of aryl methyl sites for hydroxylation is 2. The molecular formula is C12H15N3. The number of aromatic nitrogens is 2. The van der Waals surface area contributed by atoms with Crippen molar-refractivity contribution in [2.24, 2.45) is 5.73 Å². The highest BCUT2D eigenvalue weighted by Gasteiger charge is 2.18. The number of nitrogens with zero attached hydrogens (tertiary/aromatic N) is 1. The van der Waals surface area contributed by atoms with Crippen LogP contribution in [0.1, 0.15) is 23.4 Å². The Morgan fingerprint density at radius 2 is 2.33 bits per heavy atom. The summed E-state index contributed by atoms with van der Waals surface area (Å²) >= 11 is 0. The predicted molar refractivity (Wildman–Crippen MR) is 60.9 cm³/mol. The number of rotatable bonds is 2. The fourth-order valence-corrected chi connectivity index (χ4v) is 2.55. The molecule has 0 spiro atoms. The average Bonchev–Trinajstić information content (AvgIpc) is 2.79. The van der Waals surface area contributed by atoms with Crippen LogP contribution in [-0.4, -0.2) is 16.5 Å². The van der Waals surface area contributed by atoms with Crippen LogP contribution in [-0.2, 0) is 19.3 Å². The van der Waals surface area contributed by atoms with E-state index in [9.17, 15) is 0 Å². The molecule has 0 radical (unpaired) electrons. The Hall–Kier alpha value is -1.35. The summed E-state index contributed by atoms with van der Waals surface area (Å²) in [6.45, 7) is 0.662. The Morgan fingerprint density at radius 1 is 1.40 bits per heavy atom. The van der Waals surface area contributed by atoms with Crippen LogP contribution in [0.15, 0.2) is 12.3 Å². The van der Waals surface area contributed by atoms with Crippen molar-refractivity contribution < 1.29 is 0 Å². The van der Waals surface area contributed by atoms with Crippen molar-refractivity contribution in [2.75, 3.05) is 6.54 Å². The van der Waals surface area contributed by atoms with E-state index >= 15 is 0 Å². The second-order valence-electron chi connectivity index (χ2n) is 4.15. The van der Waals surface area contributed by atoms with E-state index in [1.807, 2.05) is 6.20 Å². The molecule has 3 rings (SSSR count). The van der Waals surface area contributed by atoms with E-state index in [-0.39, 0.29) is 0 Å². The van der Waals surface area contributed by atoms with Crippen molar-refractivity contribution >= 4 is 10.9 Å². The molecule has 2 heterocycles. The van der Waals surface area contributed by atoms with Crippen molar-refractivity contribution in [3.05, 3.63) is 29.2 Å². The van der Waals surface area contributed by atoms with Gasteiger partial charge in [-0.1, -0.05) is 0 Å². The molecule has 0 unspecified atom stereocenters. The van der Waals surface area contributed by atoms with Gasteiger partial charge in [0.2, 0.25) is 0 Å². The van der Waals surface area contributed by atoms with Crippen LogP contribution in [0.3, 0.4) is 0 Å². The van der Waals surface area contributed by atoms with Crippen LogP contribution in [0.25, 0.3) is 10.9 Å². The van der Waals surface area contributed by atoms with E-state index in [1.165, 1.54) is 41.4 Å². The SMILES string of the molecule is NCCc1nccc2c3c([nH]c12)CCC3. The van der Waals surface area contributed by atoms with Crippen molar-refractivity contribution in [1.82, 2.24) is 9.97 Å². The highest BCUT2D eigenvalue weighted by Crippen LogP contribution is 2.30. The van der Waals surface area contributed by atoms with Gasteiger partial charge in [0.05, 0.1) is 11.2 Å². The molecule has 0 saturated heterocycles. The van der Waals surface area contributed by atoms with E-state index in [2.05, 4.69) is 16.0 Å². The molecule has 0 atom stereocenters. The largest absolute Gasteiger partial charge is 0.357 e. The van der Waals surface area contributed by atoms with E-state index in [4.69, 9.17) is 5.73 Å². The van der Waals surface area contributed by atoms with Gasteiger partial charge in [-0.05, 0) is 37.4 Å². The molecule has 2 aromatic rings. The molecule has 0 aromatic carbocycles. The van der Waals surface area contributed by atoms with Crippen molar-refractivity contribution in [1.29, 1.82) is 0 Å². The summed E-state index contributed by atoms with van der Waals surface area (Å²) in [4.78, 5) is 7.91. The molecule has 3 heteroatoms. The first-order valence-corrected chi connectivity index (χ1v) is 5.57. The maximum absolute atomic E-state index is 5.59. The predicted octanol–water partition coefficient (Wildman–Crippen LogP) is 1.55. The highest BCUT2D eigenvalue weighted by molar-refractivity contribution is 5.86. The summed E-state index contributed by atoms with van der Waals surface area (Å²) in [7, 11) is 0. The van der Waals surface area contributed by atoms with E-state index in [0.717, 1.165) is 12.1 Å². The van der Waals surface area contributed by atoms with Gasteiger partial charge in [-0.25, -0.2) is 0 Å². The third-order valence-corrected chi connectivity index (χ3v) is 3.23. The summed E-state index contributed by atoms with van der Waals surface area (Å²) < 4.78 is 0. The molecule has 0 saturated carbocycles. The lowest BCUT2D eigenvalue weighted by atomic mass is 10.1. The molecule has 0 amide bonds. The van der Waals surface area contributed by atoms with Gasteiger partial charge in [0.1, 0.15) is 0 Å². The monoisotopic (exact) mass is 201 g/mol. The van der Waals surface area contributed by atoms with Gasteiger partial charge in [0.25, 0.3) is 0 Å². The minimum absolute atomic E-state index is 0.662. The normalized spacial score (nSPS) is 14.7. The maximum atomic E-state index is 5.59. The van der Waals surface area contributed by atoms with E-state index in [0.29, 0.717) is 6.54 Å². The number of hydrogen-bond donors (Lipinski definition) is 2. The third kappa shape index (κ3) is 1.27. The number of aromatic amines is 1. The molecule has 15 heavy (non-hydrogen) atoms. The maximum Gasteiger partial charge on any atom is 0.0678 e. The lowest BCUT2D eigenvalue weighted by Crippen LogP contribution is -2.04. The molecule has 3 nitrogen and oxygen atoms in total. The first-order valence-electron chi connectivity index (χ1n) is 5.57. The second-order valence-corrected chi connectivity index (χ2v) is 4.15. The molecule has 1 aliphatic carbocycles. The molecule has 0 aliphatic heterocycles. The first kappa shape index (κ1) is 8.92. The topological polar surface area (TPSA) is 54.7 Å². The molecular weight excluding hydrogens is 186 g/mol. The zero-order valence-electron chi connectivity index (χ0n) is 8.71. The number of fused-ring (bicyclic) bond motifs is 3. The van der Waals surface area contributed by atoms with E-state index < -0.39 is 0 Å². The van der Waals surface area contributed by atoms with E-state index in [1.54, 1.807) is 0 Å². The highest BCUT2D eigenvalue weighted by atomic mass is 14.8. The number of nitrogens with two attached hydrogens (primary N) is 1. The summed E-state index contributed by atoms with van der Waals surface area (Å²) in [5.41, 5.74) is 10.8. The molecule has 2 aromatic heterocycles.